The third kappa shape index (κ3) is 3.83. The third-order valence-corrected chi connectivity index (χ3v) is 6.77. The van der Waals surface area contributed by atoms with E-state index in [1.165, 1.54) is 4.90 Å². The van der Waals surface area contributed by atoms with Gasteiger partial charge in [-0.25, -0.2) is 17.2 Å². The van der Waals surface area contributed by atoms with E-state index in [0.29, 0.717) is 6.54 Å². The number of benzene rings is 1. The zero-order valence-corrected chi connectivity index (χ0v) is 14.7. The number of hydrogen-bond donors (Lipinski definition) is 1. The second kappa shape index (κ2) is 7.35. The number of hydrogen-bond acceptors (Lipinski definition) is 3. The van der Waals surface area contributed by atoms with Gasteiger partial charge in [0, 0.05) is 39.0 Å². The molecule has 6 nitrogen and oxygen atoms in total. The number of rotatable bonds is 4. The van der Waals surface area contributed by atoms with Crippen LogP contribution in [0.1, 0.15) is 12.8 Å². The molecule has 25 heavy (non-hydrogen) atoms. The lowest BCUT2D eigenvalue weighted by Gasteiger charge is -2.34. The van der Waals surface area contributed by atoms with Gasteiger partial charge in [-0.05, 0) is 12.1 Å². The summed E-state index contributed by atoms with van der Waals surface area (Å²) in [6, 6.07) is 2.98. The zero-order chi connectivity index (χ0) is 18.0. The molecule has 0 atom stereocenters. The number of likely N-dealkylation sites (tertiary alicyclic amines) is 1. The Hall–Kier alpha value is -1.58. The van der Waals surface area contributed by atoms with Gasteiger partial charge in [-0.1, -0.05) is 6.07 Å². The Kier molecular flexibility index (Phi) is 5.35. The van der Waals surface area contributed by atoms with E-state index in [1.54, 1.807) is 4.90 Å². The van der Waals surface area contributed by atoms with Crippen LogP contribution in [0.4, 0.5) is 8.78 Å². The SMILES string of the molecule is O=C(C[NH+]1CCCC1)N1CCN(S(=O)(=O)c2c(F)cccc2F)CC1. The van der Waals surface area contributed by atoms with Crippen molar-refractivity contribution >= 4 is 15.9 Å². The van der Waals surface area contributed by atoms with Crippen LogP contribution in [0.25, 0.3) is 0 Å². The van der Waals surface area contributed by atoms with Crippen molar-refractivity contribution in [3.8, 4) is 0 Å². The lowest BCUT2D eigenvalue weighted by molar-refractivity contribution is -0.879. The van der Waals surface area contributed by atoms with Crippen LogP contribution in [0.2, 0.25) is 0 Å². The summed E-state index contributed by atoms with van der Waals surface area (Å²) >= 11 is 0. The molecule has 3 rings (SSSR count). The Balaban J connectivity index is 1.64. The van der Waals surface area contributed by atoms with E-state index in [-0.39, 0.29) is 32.1 Å². The fourth-order valence-electron chi connectivity index (χ4n) is 3.41. The summed E-state index contributed by atoms with van der Waals surface area (Å²) in [4.78, 5) is 14.3. The number of amides is 1. The number of nitrogens with one attached hydrogen (secondary N) is 1. The number of quaternary nitrogens is 1. The second-order valence-corrected chi connectivity index (χ2v) is 8.34. The second-order valence-electron chi connectivity index (χ2n) is 6.47. The molecule has 0 bridgehead atoms. The fraction of sp³-hybridized carbons (Fsp3) is 0.562. The Bertz CT molecular complexity index is 723. The molecule has 2 fully saturated rings. The smallest absolute Gasteiger partial charge is 0.277 e. The predicted octanol–water partition coefficient (Wildman–Crippen LogP) is -0.524. The Morgan fingerprint density at radius 3 is 2.16 bits per heavy atom. The highest BCUT2D eigenvalue weighted by Crippen LogP contribution is 2.23. The first-order valence-electron chi connectivity index (χ1n) is 8.45. The van der Waals surface area contributed by atoms with Crippen LogP contribution in [0, 0.1) is 11.6 Å². The molecule has 2 heterocycles. The third-order valence-electron chi connectivity index (χ3n) is 4.82. The van der Waals surface area contributed by atoms with E-state index in [1.807, 2.05) is 0 Å². The van der Waals surface area contributed by atoms with Crippen LogP contribution in [0.3, 0.4) is 0 Å². The van der Waals surface area contributed by atoms with Gasteiger partial charge in [-0.3, -0.25) is 4.79 Å². The van der Waals surface area contributed by atoms with Crippen LogP contribution in [-0.2, 0) is 14.8 Å². The molecule has 9 heteroatoms. The maximum atomic E-state index is 13.8. The molecule has 1 N–H and O–H groups in total. The lowest BCUT2D eigenvalue weighted by Crippen LogP contribution is -3.11. The van der Waals surface area contributed by atoms with Gasteiger partial charge in [0.1, 0.15) is 11.6 Å². The number of halogens is 2. The first-order chi connectivity index (χ1) is 11.9. The number of piperazine rings is 1. The van der Waals surface area contributed by atoms with Crippen molar-refractivity contribution in [2.24, 2.45) is 0 Å². The van der Waals surface area contributed by atoms with Gasteiger partial charge >= 0.3 is 0 Å². The maximum absolute atomic E-state index is 13.8. The maximum Gasteiger partial charge on any atom is 0.277 e. The number of nitrogens with zero attached hydrogens (tertiary/aromatic N) is 2. The van der Waals surface area contributed by atoms with Gasteiger partial charge in [-0.15, -0.1) is 0 Å². The van der Waals surface area contributed by atoms with Crippen molar-refractivity contribution < 1.29 is 26.9 Å². The summed E-state index contributed by atoms with van der Waals surface area (Å²) in [5.41, 5.74) is 0. The summed E-state index contributed by atoms with van der Waals surface area (Å²) in [5.74, 6) is -2.20. The van der Waals surface area contributed by atoms with E-state index >= 15 is 0 Å². The summed E-state index contributed by atoms with van der Waals surface area (Å²) in [6.07, 6.45) is 2.26. The molecule has 0 unspecified atom stereocenters. The average molecular weight is 374 g/mol. The largest absolute Gasteiger partial charge is 0.335 e. The van der Waals surface area contributed by atoms with E-state index in [2.05, 4.69) is 0 Å². The topological polar surface area (TPSA) is 62.1 Å². The lowest BCUT2D eigenvalue weighted by atomic mass is 10.3. The quantitative estimate of drug-likeness (QED) is 0.771. The molecule has 2 saturated heterocycles. The normalized spacial score (nSPS) is 20.2. The monoisotopic (exact) mass is 374 g/mol. The fourth-order valence-corrected chi connectivity index (χ4v) is 4.94. The van der Waals surface area contributed by atoms with E-state index in [4.69, 9.17) is 0 Å². The molecule has 1 aromatic rings. The molecular weight excluding hydrogens is 352 g/mol. The summed E-state index contributed by atoms with van der Waals surface area (Å²) in [7, 11) is -4.25. The van der Waals surface area contributed by atoms with Gasteiger partial charge in [0.25, 0.3) is 5.91 Å². The van der Waals surface area contributed by atoms with Gasteiger partial charge in [0.05, 0.1) is 13.1 Å². The van der Waals surface area contributed by atoms with Crippen LogP contribution in [0.5, 0.6) is 0 Å². The highest BCUT2D eigenvalue weighted by atomic mass is 32.2. The Morgan fingerprint density at radius 1 is 1.04 bits per heavy atom. The van der Waals surface area contributed by atoms with Crippen molar-refractivity contribution in [3.63, 3.8) is 0 Å². The standard InChI is InChI=1S/C16H21F2N3O3S/c17-13-4-3-5-14(18)16(13)25(23,24)21-10-8-20(9-11-21)15(22)12-19-6-1-2-7-19/h3-5H,1-2,6-12H2/p+1. The number of carbonyl (C=O) groups excluding carboxylic acids is 1. The minimum absolute atomic E-state index is 0.00557. The number of carbonyl (C=O) groups is 1. The first-order valence-corrected chi connectivity index (χ1v) is 9.89. The van der Waals surface area contributed by atoms with Gasteiger partial charge in [0.2, 0.25) is 10.0 Å². The average Bonchev–Trinajstić information content (AvgIpc) is 3.07. The molecule has 0 aliphatic carbocycles. The van der Waals surface area contributed by atoms with E-state index in [0.717, 1.165) is 48.4 Å². The summed E-state index contributed by atoms with van der Waals surface area (Å²) in [5, 5.41) is 0. The minimum atomic E-state index is -4.25. The van der Waals surface area contributed by atoms with Gasteiger partial charge < -0.3 is 9.80 Å². The highest BCUT2D eigenvalue weighted by molar-refractivity contribution is 7.89. The molecule has 0 saturated carbocycles. The predicted molar refractivity (Wildman–Crippen MR) is 86.5 cm³/mol. The molecule has 2 aliphatic heterocycles. The molecule has 1 amide bonds. The van der Waals surface area contributed by atoms with Crippen LogP contribution in [0.15, 0.2) is 23.1 Å². The molecule has 138 valence electrons. The van der Waals surface area contributed by atoms with Gasteiger partial charge in [0.15, 0.2) is 11.4 Å². The number of sulfonamides is 1. The Morgan fingerprint density at radius 2 is 1.60 bits per heavy atom. The Labute approximate surface area is 146 Å². The summed E-state index contributed by atoms with van der Waals surface area (Å²) in [6.45, 7) is 2.96. The van der Waals surface area contributed by atoms with E-state index in [9.17, 15) is 22.0 Å². The van der Waals surface area contributed by atoms with Crippen LogP contribution in [-0.4, -0.2) is 69.3 Å². The van der Waals surface area contributed by atoms with Gasteiger partial charge in [-0.2, -0.15) is 4.31 Å². The van der Waals surface area contributed by atoms with Crippen molar-refractivity contribution in [3.05, 3.63) is 29.8 Å². The molecular formula is C16H22F2N3O3S+. The van der Waals surface area contributed by atoms with Crippen LogP contribution >= 0.6 is 0 Å². The van der Waals surface area contributed by atoms with Crippen molar-refractivity contribution in [2.75, 3.05) is 45.8 Å². The molecule has 2 aliphatic rings. The zero-order valence-electron chi connectivity index (χ0n) is 13.9. The molecule has 0 aromatic heterocycles. The molecule has 0 spiro atoms. The van der Waals surface area contributed by atoms with Crippen molar-refractivity contribution in [1.29, 1.82) is 0 Å². The van der Waals surface area contributed by atoms with Crippen LogP contribution < -0.4 is 4.90 Å². The summed E-state index contributed by atoms with van der Waals surface area (Å²) < 4.78 is 53.7. The van der Waals surface area contributed by atoms with E-state index < -0.39 is 26.6 Å². The minimum Gasteiger partial charge on any atom is -0.335 e. The molecule has 0 radical (unpaired) electrons. The highest BCUT2D eigenvalue weighted by Gasteiger charge is 2.34. The molecule has 1 aromatic carbocycles. The van der Waals surface area contributed by atoms with Crippen molar-refractivity contribution in [1.82, 2.24) is 9.21 Å². The van der Waals surface area contributed by atoms with Crippen molar-refractivity contribution in [2.45, 2.75) is 17.7 Å². The first kappa shape index (κ1) is 18.2.